The van der Waals surface area contributed by atoms with E-state index in [1.54, 1.807) is 19.1 Å². The molecular formula is C18H19FO. The van der Waals surface area contributed by atoms with Gasteiger partial charge in [0.25, 0.3) is 0 Å². The minimum atomic E-state index is -0.328. The van der Waals surface area contributed by atoms with Crippen LogP contribution in [0.5, 0.6) is 0 Å². The summed E-state index contributed by atoms with van der Waals surface area (Å²) < 4.78 is 13.5. The third-order valence-corrected chi connectivity index (χ3v) is 3.50. The van der Waals surface area contributed by atoms with Crippen LogP contribution < -0.4 is 0 Å². The summed E-state index contributed by atoms with van der Waals surface area (Å²) >= 11 is 0. The van der Waals surface area contributed by atoms with Gasteiger partial charge >= 0.3 is 0 Å². The van der Waals surface area contributed by atoms with Crippen LogP contribution in [-0.2, 0) is 6.42 Å². The highest BCUT2D eigenvalue weighted by Gasteiger charge is 2.09. The van der Waals surface area contributed by atoms with Gasteiger partial charge in [0.2, 0.25) is 0 Å². The molecule has 0 saturated carbocycles. The first-order valence-electron chi connectivity index (χ1n) is 6.85. The zero-order chi connectivity index (χ0) is 14.7. The van der Waals surface area contributed by atoms with Crippen molar-refractivity contribution in [3.8, 4) is 0 Å². The summed E-state index contributed by atoms with van der Waals surface area (Å²) in [6, 6.07) is 12.7. The Balaban J connectivity index is 2.12. The van der Waals surface area contributed by atoms with Gasteiger partial charge in [-0.15, -0.1) is 0 Å². The Hall–Kier alpha value is -1.96. The molecule has 2 aromatic carbocycles. The molecule has 0 radical (unpaired) electrons. The van der Waals surface area contributed by atoms with E-state index in [9.17, 15) is 9.18 Å². The first kappa shape index (κ1) is 14.4. The number of hydrogen-bond donors (Lipinski definition) is 0. The fraction of sp³-hybridized carbons (Fsp3) is 0.278. The zero-order valence-electron chi connectivity index (χ0n) is 12.1. The molecule has 2 rings (SSSR count). The first-order chi connectivity index (χ1) is 9.47. The predicted octanol–water partition coefficient (Wildman–Crippen LogP) is 4.68. The number of halogens is 1. The van der Waals surface area contributed by atoms with Crippen molar-refractivity contribution in [3.63, 3.8) is 0 Å². The van der Waals surface area contributed by atoms with Gasteiger partial charge in [0.05, 0.1) is 0 Å². The van der Waals surface area contributed by atoms with E-state index in [1.165, 1.54) is 11.6 Å². The smallest absolute Gasteiger partial charge is 0.167 e. The Morgan fingerprint density at radius 1 is 1.10 bits per heavy atom. The number of Topliss-reactive ketones (excluding diaryl/α,β-unsaturated/α-hetero) is 1. The fourth-order valence-corrected chi connectivity index (χ4v) is 2.07. The Bertz CT molecular complexity index is 612. The van der Waals surface area contributed by atoms with E-state index in [-0.39, 0.29) is 11.6 Å². The molecule has 1 nitrogen and oxygen atoms in total. The summed E-state index contributed by atoms with van der Waals surface area (Å²) in [6.07, 6.45) is 0.306. The summed E-state index contributed by atoms with van der Waals surface area (Å²) in [7, 11) is 0. The second-order valence-electron chi connectivity index (χ2n) is 5.46. The number of carbonyl (C=O) groups excluding carboxylic acids is 1. The molecule has 0 N–H and O–H groups in total. The standard InChI is InChI=1S/C18H19FO/c1-12(2)15-8-5-14(6-9-15)10-18(20)16-7-4-13(3)17(19)11-16/h4-9,11-12H,10H2,1-3H3. The molecule has 0 aliphatic heterocycles. The molecule has 104 valence electrons. The molecule has 0 amide bonds. The third kappa shape index (κ3) is 3.32. The molecule has 0 saturated heterocycles. The largest absolute Gasteiger partial charge is 0.294 e. The number of benzene rings is 2. The van der Waals surface area contributed by atoms with Crippen LogP contribution in [0.2, 0.25) is 0 Å². The zero-order valence-corrected chi connectivity index (χ0v) is 12.1. The van der Waals surface area contributed by atoms with Crippen LogP contribution in [-0.4, -0.2) is 5.78 Å². The van der Waals surface area contributed by atoms with Crippen LogP contribution in [0.4, 0.5) is 4.39 Å². The number of hydrogen-bond acceptors (Lipinski definition) is 1. The quantitative estimate of drug-likeness (QED) is 0.737. The minimum absolute atomic E-state index is 0.0544. The maximum atomic E-state index is 13.5. The van der Waals surface area contributed by atoms with E-state index in [1.807, 2.05) is 24.3 Å². The SMILES string of the molecule is Cc1ccc(C(=O)Cc2ccc(C(C)C)cc2)cc1F. The number of carbonyl (C=O) groups is 1. The molecule has 20 heavy (non-hydrogen) atoms. The van der Waals surface area contributed by atoms with Crippen molar-refractivity contribution < 1.29 is 9.18 Å². The highest BCUT2D eigenvalue weighted by atomic mass is 19.1. The average molecular weight is 270 g/mol. The highest BCUT2D eigenvalue weighted by molar-refractivity contribution is 5.97. The van der Waals surface area contributed by atoms with E-state index < -0.39 is 0 Å². The number of rotatable bonds is 4. The minimum Gasteiger partial charge on any atom is -0.294 e. The maximum absolute atomic E-state index is 13.5. The van der Waals surface area contributed by atoms with Gasteiger partial charge in [-0.25, -0.2) is 4.39 Å². The molecular weight excluding hydrogens is 251 g/mol. The van der Waals surface area contributed by atoms with Gasteiger partial charge in [-0.2, -0.15) is 0 Å². The second kappa shape index (κ2) is 6.00. The molecule has 0 spiro atoms. The van der Waals surface area contributed by atoms with Gasteiger partial charge in [0.15, 0.2) is 5.78 Å². The number of aryl methyl sites for hydroxylation is 1. The lowest BCUT2D eigenvalue weighted by molar-refractivity contribution is 0.0992. The highest BCUT2D eigenvalue weighted by Crippen LogP contribution is 2.16. The van der Waals surface area contributed by atoms with Crippen molar-refractivity contribution in [2.24, 2.45) is 0 Å². The summed E-state index contributed by atoms with van der Waals surface area (Å²) in [5.41, 5.74) is 3.20. The molecule has 0 aromatic heterocycles. The van der Waals surface area contributed by atoms with Crippen molar-refractivity contribution >= 4 is 5.78 Å². The predicted molar refractivity (Wildman–Crippen MR) is 79.7 cm³/mol. The third-order valence-electron chi connectivity index (χ3n) is 3.50. The van der Waals surface area contributed by atoms with Gasteiger partial charge in [-0.1, -0.05) is 50.2 Å². The van der Waals surface area contributed by atoms with E-state index in [2.05, 4.69) is 13.8 Å². The van der Waals surface area contributed by atoms with Crippen LogP contribution in [0.25, 0.3) is 0 Å². The molecule has 0 aliphatic carbocycles. The normalized spacial score (nSPS) is 10.8. The van der Waals surface area contributed by atoms with Crippen molar-refractivity contribution in [3.05, 3.63) is 70.5 Å². The molecule has 0 unspecified atom stereocenters. The van der Waals surface area contributed by atoms with Gasteiger partial charge in [-0.3, -0.25) is 4.79 Å². The lowest BCUT2D eigenvalue weighted by Crippen LogP contribution is -2.04. The van der Waals surface area contributed by atoms with E-state index in [0.29, 0.717) is 23.5 Å². The second-order valence-corrected chi connectivity index (χ2v) is 5.46. The summed E-state index contributed by atoms with van der Waals surface area (Å²) in [5.74, 6) is 0.0955. The Morgan fingerprint density at radius 3 is 2.30 bits per heavy atom. The maximum Gasteiger partial charge on any atom is 0.167 e. The van der Waals surface area contributed by atoms with Crippen molar-refractivity contribution in [1.29, 1.82) is 0 Å². The van der Waals surface area contributed by atoms with E-state index >= 15 is 0 Å². The fourth-order valence-electron chi connectivity index (χ4n) is 2.07. The lowest BCUT2D eigenvalue weighted by Gasteiger charge is -2.07. The lowest BCUT2D eigenvalue weighted by atomic mass is 9.98. The molecule has 0 bridgehead atoms. The molecule has 2 heteroatoms. The van der Waals surface area contributed by atoms with Gasteiger partial charge in [0, 0.05) is 12.0 Å². The van der Waals surface area contributed by atoms with Crippen molar-refractivity contribution in [2.75, 3.05) is 0 Å². The molecule has 0 heterocycles. The molecule has 0 atom stereocenters. The van der Waals surface area contributed by atoms with Crippen molar-refractivity contribution in [2.45, 2.75) is 33.1 Å². The van der Waals surface area contributed by atoms with Gasteiger partial charge in [0.1, 0.15) is 5.82 Å². The monoisotopic (exact) mass is 270 g/mol. The van der Waals surface area contributed by atoms with Crippen LogP contribution in [0, 0.1) is 12.7 Å². The summed E-state index contributed by atoms with van der Waals surface area (Å²) in [6.45, 7) is 5.96. The topological polar surface area (TPSA) is 17.1 Å². The van der Waals surface area contributed by atoms with Crippen LogP contribution >= 0.6 is 0 Å². The van der Waals surface area contributed by atoms with Gasteiger partial charge < -0.3 is 0 Å². The van der Waals surface area contributed by atoms with E-state index in [0.717, 1.165) is 5.56 Å². The van der Waals surface area contributed by atoms with Gasteiger partial charge in [-0.05, 0) is 35.6 Å². The van der Waals surface area contributed by atoms with Crippen LogP contribution in [0.3, 0.4) is 0 Å². The first-order valence-corrected chi connectivity index (χ1v) is 6.85. The number of ketones is 1. The summed E-state index contributed by atoms with van der Waals surface area (Å²) in [4.78, 5) is 12.1. The van der Waals surface area contributed by atoms with E-state index in [4.69, 9.17) is 0 Å². The van der Waals surface area contributed by atoms with Crippen LogP contribution in [0.1, 0.15) is 46.8 Å². The Labute approximate surface area is 119 Å². The average Bonchev–Trinajstić information content (AvgIpc) is 2.42. The molecule has 0 fully saturated rings. The summed E-state index contributed by atoms with van der Waals surface area (Å²) in [5, 5.41) is 0. The Morgan fingerprint density at radius 2 is 1.75 bits per heavy atom. The molecule has 0 aliphatic rings. The van der Waals surface area contributed by atoms with Crippen LogP contribution in [0.15, 0.2) is 42.5 Å². The Kier molecular flexibility index (Phi) is 4.33. The molecule has 2 aromatic rings. The van der Waals surface area contributed by atoms with Crippen molar-refractivity contribution in [1.82, 2.24) is 0 Å².